The zero-order chi connectivity index (χ0) is 17.7. The number of anilines is 1. The van der Waals surface area contributed by atoms with Gasteiger partial charge in [-0.15, -0.1) is 0 Å². The fraction of sp³-hybridized carbons (Fsp3) is 0.579. The van der Waals surface area contributed by atoms with Crippen molar-refractivity contribution in [2.24, 2.45) is 11.3 Å². The van der Waals surface area contributed by atoms with Gasteiger partial charge >= 0.3 is 0 Å². The van der Waals surface area contributed by atoms with Crippen LogP contribution in [0.5, 0.6) is 5.75 Å². The molecule has 1 saturated heterocycles. The van der Waals surface area contributed by atoms with E-state index >= 15 is 0 Å². The molecule has 1 aromatic rings. The van der Waals surface area contributed by atoms with Gasteiger partial charge in [0.1, 0.15) is 11.2 Å². The Morgan fingerprint density at radius 2 is 1.88 bits per heavy atom. The number of hydrogen-bond acceptors (Lipinski definition) is 3. The van der Waals surface area contributed by atoms with E-state index in [4.69, 9.17) is 4.74 Å². The first kappa shape index (κ1) is 18.3. The third-order valence-corrected chi connectivity index (χ3v) is 4.61. The molecule has 1 N–H and O–H groups in total. The minimum absolute atomic E-state index is 0.110. The third-order valence-electron chi connectivity index (χ3n) is 4.61. The Balaban J connectivity index is 2.08. The van der Waals surface area contributed by atoms with Gasteiger partial charge < -0.3 is 15.0 Å². The second kappa shape index (κ2) is 7.69. The van der Waals surface area contributed by atoms with Crippen LogP contribution >= 0.6 is 0 Å². The lowest BCUT2D eigenvalue weighted by Gasteiger charge is -2.35. The molecule has 132 valence electrons. The molecule has 1 fully saturated rings. The minimum atomic E-state index is -1.11. The molecule has 1 aromatic carbocycles. The first-order valence-electron chi connectivity index (χ1n) is 8.69. The average Bonchev–Trinajstić information content (AvgIpc) is 2.57. The summed E-state index contributed by atoms with van der Waals surface area (Å²) >= 11 is 0. The predicted molar refractivity (Wildman–Crippen MR) is 95.0 cm³/mol. The van der Waals surface area contributed by atoms with Crippen LogP contribution in [-0.2, 0) is 9.59 Å². The van der Waals surface area contributed by atoms with Crippen LogP contribution in [0.3, 0.4) is 0 Å². The molecule has 0 atom stereocenters. The van der Waals surface area contributed by atoms with Crippen LogP contribution in [-0.4, -0.2) is 36.4 Å². The van der Waals surface area contributed by atoms with E-state index in [0.717, 1.165) is 25.9 Å². The molecule has 0 aromatic heterocycles. The molecule has 0 aliphatic carbocycles. The van der Waals surface area contributed by atoms with Gasteiger partial charge in [0.25, 0.3) is 0 Å². The van der Waals surface area contributed by atoms with Crippen LogP contribution in [0.15, 0.2) is 24.3 Å². The quantitative estimate of drug-likeness (QED) is 0.842. The maximum atomic E-state index is 12.8. The Hall–Kier alpha value is -2.04. The van der Waals surface area contributed by atoms with Gasteiger partial charge in [-0.1, -0.05) is 19.1 Å². The Kier molecular flexibility index (Phi) is 5.86. The van der Waals surface area contributed by atoms with E-state index in [-0.39, 0.29) is 11.8 Å². The molecule has 0 unspecified atom stereocenters. The Labute approximate surface area is 144 Å². The molecule has 1 aliphatic rings. The highest BCUT2D eigenvalue weighted by atomic mass is 16.5. The number of piperidine rings is 1. The Morgan fingerprint density at radius 1 is 1.25 bits per heavy atom. The fourth-order valence-corrected chi connectivity index (χ4v) is 2.83. The SMILES string of the molecule is CCOc1ccccc1NC(=O)C(C)(C)C(=O)N1CCC(C)CC1. The summed E-state index contributed by atoms with van der Waals surface area (Å²) < 4.78 is 5.53. The molecule has 0 radical (unpaired) electrons. The number of carbonyl (C=O) groups excluding carboxylic acids is 2. The van der Waals surface area contributed by atoms with Crippen molar-refractivity contribution in [3.05, 3.63) is 24.3 Å². The van der Waals surface area contributed by atoms with Crippen molar-refractivity contribution in [1.82, 2.24) is 4.90 Å². The molecule has 0 saturated carbocycles. The van der Waals surface area contributed by atoms with E-state index in [0.29, 0.717) is 24.0 Å². The van der Waals surface area contributed by atoms with Crippen molar-refractivity contribution < 1.29 is 14.3 Å². The molecular weight excluding hydrogens is 304 g/mol. The zero-order valence-corrected chi connectivity index (χ0v) is 15.1. The van der Waals surface area contributed by atoms with Crippen molar-refractivity contribution in [2.75, 3.05) is 25.0 Å². The molecule has 0 bridgehead atoms. The lowest BCUT2D eigenvalue weighted by molar-refractivity contribution is -0.147. The minimum Gasteiger partial charge on any atom is -0.492 e. The molecule has 1 aliphatic heterocycles. The number of hydrogen-bond donors (Lipinski definition) is 1. The molecule has 5 heteroatoms. The predicted octanol–water partition coefficient (Wildman–Crippen LogP) is 3.31. The molecular formula is C19H28N2O3. The summed E-state index contributed by atoms with van der Waals surface area (Å²) in [5, 5.41) is 2.85. The number of nitrogens with one attached hydrogen (secondary N) is 1. The second-order valence-corrected chi connectivity index (χ2v) is 6.98. The number of carbonyl (C=O) groups is 2. The summed E-state index contributed by atoms with van der Waals surface area (Å²) in [6, 6.07) is 7.27. The maximum Gasteiger partial charge on any atom is 0.239 e. The molecule has 24 heavy (non-hydrogen) atoms. The highest BCUT2D eigenvalue weighted by molar-refractivity contribution is 6.10. The number of nitrogens with zero attached hydrogens (tertiary/aromatic N) is 1. The van der Waals surface area contributed by atoms with Crippen LogP contribution in [0.25, 0.3) is 0 Å². The molecule has 5 nitrogen and oxygen atoms in total. The molecule has 2 rings (SSSR count). The number of amides is 2. The Bertz CT molecular complexity index is 590. The highest BCUT2D eigenvalue weighted by Crippen LogP contribution is 2.29. The number of rotatable bonds is 5. The first-order chi connectivity index (χ1) is 11.4. The lowest BCUT2D eigenvalue weighted by atomic mass is 9.88. The van der Waals surface area contributed by atoms with Crippen molar-refractivity contribution in [3.8, 4) is 5.75 Å². The first-order valence-corrected chi connectivity index (χ1v) is 8.69. The van der Waals surface area contributed by atoms with Gasteiger partial charge in [0.2, 0.25) is 11.8 Å². The van der Waals surface area contributed by atoms with Gasteiger partial charge in [-0.05, 0) is 51.7 Å². The fourth-order valence-electron chi connectivity index (χ4n) is 2.83. The van der Waals surface area contributed by atoms with E-state index < -0.39 is 5.41 Å². The summed E-state index contributed by atoms with van der Waals surface area (Å²) in [7, 11) is 0. The second-order valence-electron chi connectivity index (χ2n) is 6.98. The molecule has 2 amide bonds. The standard InChI is InChI=1S/C19H28N2O3/c1-5-24-16-9-7-6-8-15(16)20-17(22)19(3,4)18(23)21-12-10-14(2)11-13-21/h6-9,14H,5,10-13H2,1-4H3,(H,20,22). The summed E-state index contributed by atoms with van der Waals surface area (Å²) in [6.45, 7) is 9.44. The van der Waals surface area contributed by atoms with Gasteiger partial charge in [0.15, 0.2) is 0 Å². The van der Waals surface area contributed by atoms with E-state index in [2.05, 4.69) is 12.2 Å². The molecule has 1 heterocycles. The van der Waals surface area contributed by atoms with Gasteiger partial charge in [0, 0.05) is 13.1 Å². The summed E-state index contributed by atoms with van der Waals surface area (Å²) in [4.78, 5) is 27.3. The molecule has 0 spiro atoms. The summed E-state index contributed by atoms with van der Waals surface area (Å²) in [6.07, 6.45) is 1.99. The van der Waals surface area contributed by atoms with Crippen LogP contribution in [0.2, 0.25) is 0 Å². The van der Waals surface area contributed by atoms with Crippen molar-refractivity contribution in [2.45, 2.75) is 40.5 Å². The number of likely N-dealkylation sites (tertiary alicyclic amines) is 1. The van der Waals surface area contributed by atoms with Crippen LogP contribution in [0, 0.1) is 11.3 Å². The van der Waals surface area contributed by atoms with Gasteiger partial charge in [-0.3, -0.25) is 9.59 Å². The topological polar surface area (TPSA) is 58.6 Å². The number of ether oxygens (including phenoxy) is 1. The van der Waals surface area contributed by atoms with E-state index in [9.17, 15) is 9.59 Å². The number of benzene rings is 1. The summed E-state index contributed by atoms with van der Waals surface area (Å²) in [5.74, 6) is 0.839. The van der Waals surface area contributed by atoms with Crippen molar-refractivity contribution in [1.29, 1.82) is 0 Å². The van der Waals surface area contributed by atoms with E-state index in [1.807, 2.05) is 24.0 Å². The normalized spacial score (nSPS) is 15.9. The van der Waals surface area contributed by atoms with Crippen LogP contribution in [0.1, 0.15) is 40.5 Å². The number of para-hydroxylation sites is 2. The monoisotopic (exact) mass is 332 g/mol. The largest absolute Gasteiger partial charge is 0.492 e. The van der Waals surface area contributed by atoms with Gasteiger partial charge in [-0.2, -0.15) is 0 Å². The third kappa shape index (κ3) is 4.08. The van der Waals surface area contributed by atoms with Crippen molar-refractivity contribution >= 4 is 17.5 Å². The van der Waals surface area contributed by atoms with Crippen LogP contribution in [0.4, 0.5) is 5.69 Å². The maximum absolute atomic E-state index is 12.8. The van der Waals surface area contributed by atoms with Gasteiger partial charge in [-0.25, -0.2) is 0 Å². The average molecular weight is 332 g/mol. The van der Waals surface area contributed by atoms with E-state index in [1.165, 1.54) is 0 Å². The highest BCUT2D eigenvalue weighted by Gasteiger charge is 2.40. The zero-order valence-electron chi connectivity index (χ0n) is 15.1. The summed E-state index contributed by atoms with van der Waals surface area (Å²) in [5.41, 5.74) is -0.516. The smallest absolute Gasteiger partial charge is 0.239 e. The van der Waals surface area contributed by atoms with Crippen LogP contribution < -0.4 is 10.1 Å². The van der Waals surface area contributed by atoms with E-state index in [1.54, 1.807) is 26.0 Å². The van der Waals surface area contributed by atoms with Crippen molar-refractivity contribution in [3.63, 3.8) is 0 Å². The lowest BCUT2D eigenvalue weighted by Crippen LogP contribution is -2.49. The Morgan fingerprint density at radius 3 is 2.50 bits per heavy atom. The van der Waals surface area contributed by atoms with Gasteiger partial charge in [0.05, 0.1) is 12.3 Å².